The summed E-state index contributed by atoms with van der Waals surface area (Å²) in [7, 11) is 1.62. The number of carbonyl (C=O) groups excluding carboxylic acids is 1. The average Bonchev–Trinajstić information content (AvgIpc) is 3.00. The third kappa shape index (κ3) is 3.68. The molecule has 1 heterocycles. The highest BCUT2D eigenvalue weighted by molar-refractivity contribution is 6.31. The molecule has 0 aliphatic heterocycles. The van der Waals surface area contributed by atoms with Crippen molar-refractivity contribution in [1.82, 2.24) is 15.1 Å². The summed E-state index contributed by atoms with van der Waals surface area (Å²) >= 11 is 5.97. The zero-order chi connectivity index (χ0) is 16.9. The Hall–Kier alpha value is -2.53. The van der Waals surface area contributed by atoms with Crippen LogP contribution >= 0.6 is 11.6 Å². The Balaban J connectivity index is 1.57. The van der Waals surface area contributed by atoms with Crippen molar-refractivity contribution in [1.29, 1.82) is 0 Å². The first-order valence-corrected chi connectivity index (χ1v) is 8.05. The van der Waals surface area contributed by atoms with Gasteiger partial charge in [-0.25, -0.2) is 0 Å². The quantitative estimate of drug-likeness (QED) is 0.746. The molecule has 2 aromatic carbocycles. The number of rotatable bonds is 6. The predicted octanol–water partition coefficient (Wildman–Crippen LogP) is 3.40. The number of carbonyl (C=O) groups is 1. The molecule has 124 valence electrons. The number of aromatic nitrogens is 2. The molecule has 0 unspecified atom stereocenters. The molecule has 3 rings (SSSR count). The number of halogens is 1. The van der Waals surface area contributed by atoms with E-state index in [-0.39, 0.29) is 5.91 Å². The summed E-state index contributed by atoms with van der Waals surface area (Å²) in [6.45, 7) is 0.960. The lowest BCUT2D eigenvalue weighted by Crippen LogP contribution is -2.24. The zero-order valence-corrected chi connectivity index (χ0v) is 14.1. The molecule has 0 saturated heterocycles. The van der Waals surface area contributed by atoms with Crippen LogP contribution in [0.3, 0.4) is 0 Å². The van der Waals surface area contributed by atoms with Crippen molar-refractivity contribution in [3.63, 3.8) is 0 Å². The first-order valence-electron chi connectivity index (χ1n) is 7.67. The van der Waals surface area contributed by atoms with Gasteiger partial charge >= 0.3 is 0 Å². The van der Waals surface area contributed by atoms with E-state index in [2.05, 4.69) is 10.4 Å². The van der Waals surface area contributed by atoms with Crippen LogP contribution in [0.1, 0.15) is 12.0 Å². The minimum absolute atomic E-state index is 0.0291. The largest absolute Gasteiger partial charge is 0.496 e. The van der Waals surface area contributed by atoms with Crippen molar-refractivity contribution < 1.29 is 9.53 Å². The van der Waals surface area contributed by atoms with E-state index in [4.69, 9.17) is 16.3 Å². The van der Waals surface area contributed by atoms with E-state index in [9.17, 15) is 4.79 Å². The molecule has 5 nitrogen and oxygen atoms in total. The van der Waals surface area contributed by atoms with Gasteiger partial charge in [0.05, 0.1) is 25.4 Å². The van der Waals surface area contributed by atoms with Crippen molar-refractivity contribution in [3.8, 4) is 5.75 Å². The first-order chi connectivity index (χ1) is 11.7. The number of nitrogens with zero attached hydrogens (tertiary/aromatic N) is 2. The molecule has 3 aromatic rings. The topological polar surface area (TPSA) is 56.1 Å². The summed E-state index contributed by atoms with van der Waals surface area (Å²) in [5, 5.41) is 8.87. The van der Waals surface area contributed by atoms with Crippen molar-refractivity contribution in [2.75, 3.05) is 7.11 Å². The van der Waals surface area contributed by atoms with Crippen molar-refractivity contribution in [3.05, 3.63) is 59.2 Å². The van der Waals surface area contributed by atoms with Gasteiger partial charge in [-0.1, -0.05) is 29.8 Å². The van der Waals surface area contributed by atoms with E-state index in [0.29, 0.717) is 24.5 Å². The van der Waals surface area contributed by atoms with Gasteiger partial charge in [-0.15, -0.1) is 0 Å². The number of hydrogen-bond acceptors (Lipinski definition) is 3. The molecule has 1 amide bonds. The number of nitrogens with one attached hydrogen (secondary N) is 1. The van der Waals surface area contributed by atoms with E-state index in [1.165, 1.54) is 0 Å². The van der Waals surface area contributed by atoms with Crippen LogP contribution in [-0.2, 0) is 17.9 Å². The van der Waals surface area contributed by atoms with Crippen LogP contribution < -0.4 is 10.1 Å². The van der Waals surface area contributed by atoms with E-state index >= 15 is 0 Å². The van der Waals surface area contributed by atoms with Gasteiger partial charge in [0.2, 0.25) is 5.91 Å². The Labute approximate surface area is 145 Å². The average molecular weight is 344 g/mol. The van der Waals surface area contributed by atoms with Crippen molar-refractivity contribution >= 4 is 28.4 Å². The Kier molecular flexibility index (Phi) is 5.01. The number of aryl methyl sites for hydroxylation is 1. The number of benzene rings is 2. The maximum atomic E-state index is 12.1. The van der Waals surface area contributed by atoms with Crippen LogP contribution in [0, 0.1) is 0 Å². The van der Waals surface area contributed by atoms with Gasteiger partial charge in [-0.2, -0.15) is 5.10 Å². The minimum atomic E-state index is -0.0291. The molecule has 0 radical (unpaired) electrons. The SMILES string of the molecule is COc1ccccc1CNC(=O)CCn1ncc2cc(Cl)ccc21. The van der Waals surface area contributed by atoms with Crippen LogP contribution in [0.4, 0.5) is 0 Å². The molecule has 0 atom stereocenters. The highest BCUT2D eigenvalue weighted by Crippen LogP contribution is 2.19. The summed E-state index contributed by atoms with van der Waals surface area (Å²) < 4.78 is 7.09. The summed E-state index contributed by atoms with van der Waals surface area (Å²) in [4.78, 5) is 12.1. The number of methoxy groups -OCH3 is 1. The van der Waals surface area contributed by atoms with Crippen molar-refractivity contribution in [2.24, 2.45) is 0 Å². The summed E-state index contributed by atoms with van der Waals surface area (Å²) in [6, 6.07) is 13.2. The van der Waals surface area contributed by atoms with Gasteiger partial charge in [0.15, 0.2) is 0 Å². The fourth-order valence-corrected chi connectivity index (χ4v) is 2.76. The lowest BCUT2D eigenvalue weighted by Gasteiger charge is -2.10. The second kappa shape index (κ2) is 7.36. The minimum Gasteiger partial charge on any atom is -0.496 e. The van der Waals surface area contributed by atoms with E-state index in [1.807, 2.05) is 47.1 Å². The van der Waals surface area contributed by atoms with Crippen LogP contribution in [0.2, 0.25) is 5.02 Å². The monoisotopic (exact) mass is 343 g/mol. The van der Waals surface area contributed by atoms with Gasteiger partial charge in [0.1, 0.15) is 5.75 Å². The van der Waals surface area contributed by atoms with Crippen LogP contribution in [0.15, 0.2) is 48.7 Å². The Bertz CT molecular complexity index is 860. The van der Waals surface area contributed by atoms with E-state index in [1.54, 1.807) is 13.3 Å². The fraction of sp³-hybridized carbons (Fsp3) is 0.222. The number of ether oxygens (including phenoxy) is 1. The molecule has 0 aliphatic carbocycles. The summed E-state index contributed by atoms with van der Waals surface area (Å²) in [5.41, 5.74) is 1.92. The number of para-hydroxylation sites is 1. The molecule has 0 aliphatic rings. The highest BCUT2D eigenvalue weighted by atomic mass is 35.5. The van der Waals surface area contributed by atoms with Gasteiger partial charge in [0, 0.05) is 28.9 Å². The molecule has 0 saturated carbocycles. The number of amides is 1. The second-order valence-electron chi connectivity index (χ2n) is 5.41. The predicted molar refractivity (Wildman–Crippen MR) is 94.2 cm³/mol. The Morgan fingerprint density at radius 1 is 1.29 bits per heavy atom. The molecule has 0 fully saturated rings. The summed E-state index contributed by atoms with van der Waals surface area (Å²) in [6.07, 6.45) is 2.11. The standard InChI is InChI=1S/C18H18ClN3O2/c1-24-17-5-3-2-4-13(17)11-20-18(23)8-9-22-16-7-6-15(19)10-14(16)12-21-22/h2-7,10,12H,8-9,11H2,1H3,(H,20,23). The van der Waals surface area contributed by atoms with Gasteiger partial charge < -0.3 is 10.1 Å². The fourth-order valence-electron chi connectivity index (χ4n) is 2.57. The lowest BCUT2D eigenvalue weighted by molar-refractivity contribution is -0.121. The van der Waals surface area contributed by atoms with E-state index < -0.39 is 0 Å². The second-order valence-corrected chi connectivity index (χ2v) is 5.85. The summed E-state index contributed by atoms with van der Waals surface area (Å²) in [5.74, 6) is 0.742. The molecule has 6 heteroatoms. The molecular weight excluding hydrogens is 326 g/mol. The smallest absolute Gasteiger partial charge is 0.222 e. The zero-order valence-electron chi connectivity index (χ0n) is 13.3. The van der Waals surface area contributed by atoms with Gasteiger partial charge in [-0.3, -0.25) is 9.48 Å². The van der Waals surface area contributed by atoms with Crippen LogP contribution in [-0.4, -0.2) is 22.8 Å². The molecule has 1 N–H and O–H groups in total. The van der Waals surface area contributed by atoms with Gasteiger partial charge in [-0.05, 0) is 24.3 Å². The number of hydrogen-bond donors (Lipinski definition) is 1. The van der Waals surface area contributed by atoms with Crippen LogP contribution in [0.5, 0.6) is 5.75 Å². The normalized spacial score (nSPS) is 10.8. The molecular formula is C18H18ClN3O2. The molecule has 1 aromatic heterocycles. The van der Waals surface area contributed by atoms with Gasteiger partial charge in [0.25, 0.3) is 0 Å². The molecule has 24 heavy (non-hydrogen) atoms. The van der Waals surface area contributed by atoms with Crippen molar-refractivity contribution in [2.45, 2.75) is 19.5 Å². The first kappa shape index (κ1) is 16.3. The Morgan fingerprint density at radius 2 is 2.12 bits per heavy atom. The third-order valence-corrected chi connectivity index (χ3v) is 4.06. The number of fused-ring (bicyclic) bond motifs is 1. The lowest BCUT2D eigenvalue weighted by atomic mass is 10.2. The highest BCUT2D eigenvalue weighted by Gasteiger charge is 2.08. The third-order valence-electron chi connectivity index (χ3n) is 3.82. The van der Waals surface area contributed by atoms with Crippen LogP contribution in [0.25, 0.3) is 10.9 Å². The molecule has 0 spiro atoms. The maximum absolute atomic E-state index is 12.1. The maximum Gasteiger partial charge on any atom is 0.222 e. The van der Waals surface area contributed by atoms with E-state index in [0.717, 1.165) is 22.2 Å². The Morgan fingerprint density at radius 3 is 2.96 bits per heavy atom. The molecule has 0 bridgehead atoms.